The summed E-state index contributed by atoms with van der Waals surface area (Å²) >= 11 is 0. The average molecular weight is 379 g/mol. The molecule has 0 amide bonds. The normalized spacial score (nSPS) is 30.7. The van der Waals surface area contributed by atoms with Crippen LogP contribution in [0.2, 0.25) is 0 Å². The van der Waals surface area contributed by atoms with Crippen LogP contribution in [0.1, 0.15) is 44.7 Å². The van der Waals surface area contributed by atoms with Crippen molar-refractivity contribution in [3.05, 3.63) is 29.3 Å². The summed E-state index contributed by atoms with van der Waals surface area (Å²) in [5.74, 6) is -0.284. The first-order valence-electron chi connectivity index (χ1n) is 8.28. The summed E-state index contributed by atoms with van der Waals surface area (Å²) in [6.45, 7) is 5.68. The van der Waals surface area contributed by atoms with Gasteiger partial charge in [-0.1, -0.05) is 20.8 Å². The molecule has 2 nitrogen and oxygen atoms in total. The largest absolute Gasteiger partial charge is 0.416 e. The third-order valence-corrected chi connectivity index (χ3v) is 6.44. The van der Waals surface area contributed by atoms with Gasteiger partial charge in [-0.2, -0.15) is 26.3 Å². The second kappa shape index (κ2) is 5.39. The molecule has 144 valence electrons. The standard InChI is InChI=1S/C18H19F6NO/c1-15(2)12-4-5-16(15,3)14(26)13(12)25-11-7-9(17(19,20)21)6-10(8-11)18(22,23)24/h6-8,12-13,25H,4-5H2,1-3H3/t12-,13+,16+/m1/s1. The smallest absolute Gasteiger partial charge is 0.375 e. The molecule has 2 aliphatic carbocycles. The molecule has 0 spiro atoms. The van der Waals surface area contributed by atoms with E-state index in [-0.39, 0.29) is 28.9 Å². The lowest BCUT2D eigenvalue weighted by Crippen LogP contribution is -2.39. The first kappa shape index (κ1) is 19.0. The first-order chi connectivity index (χ1) is 11.7. The molecule has 3 atom stereocenters. The highest BCUT2D eigenvalue weighted by molar-refractivity contribution is 5.96. The van der Waals surface area contributed by atoms with Crippen molar-refractivity contribution in [3.63, 3.8) is 0 Å². The van der Waals surface area contributed by atoms with Crippen molar-refractivity contribution < 1.29 is 31.1 Å². The minimum atomic E-state index is -4.92. The molecule has 2 aliphatic rings. The summed E-state index contributed by atoms with van der Waals surface area (Å²) in [7, 11) is 0. The van der Waals surface area contributed by atoms with E-state index in [0.29, 0.717) is 25.0 Å². The molecule has 0 aromatic heterocycles. The Labute approximate surface area is 147 Å². The fourth-order valence-electron chi connectivity index (χ4n) is 4.47. The van der Waals surface area contributed by atoms with Gasteiger partial charge in [-0.05, 0) is 42.4 Å². The van der Waals surface area contributed by atoms with Gasteiger partial charge in [0.2, 0.25) is 0 Å². The van der Waals surface area contributed by atoms with Gasteiger partial charge in [0.1, 0.15) is 0 Å². The first-order valence-corrected chi connectivity index (χ1v) is 8.28. The van der Waals surface area contributed by atoms with E-state index >= 15 is 0 Å². The van der Waals surface area contributed by atoms with E-state index in [9.17, 15) is 31.1 Å². The number of hydrogen-bond donors (Lipinski definition) is 1. The summed E-state index contributed by atoms with van der Waals surface area (Å²) in [4.78, 5) is 12.8. The Bertz CT molecular complexity index is 719. The van der Waals surface area contributed by atoms with Gasteiger partial charge in [0.05, 0.1) is 17.2 Å². The van der Waals surface area contributed by atoms with Gasteiger partial charge in [-0.15, -0.1) is 0 Å². The molecule has 1 aromatic carbocycles. The van der Waals surface area contributed by atoms with Crippen LogP contribution in [0.4, 0.5) is 32.0 Å². The Morgan fingerprint density at radius 2 is 1.46 bits per heavy atom. The van der Waals surface area contributed by atoms with Crippen molar-refractivity contribution in [1.82, 2.24) is 0 Å². The summed E-state index contributed by atoms with van der Waals surface area (Å²) < 4.78 is 78.0. The number of nitrogens with one attached hydrogen (secondary N) is 1. The van der Waals surface area contributed by atoms with E-state index in [1.165, 1.54) is 0 Å². The Morgan fingerprint density at radius 3 is 1.85 bits per heavy atom. The van der Waals surface area contributed by atoms with Gasteiger partial charge in [0.25, 0.3) is 0 Å². The number of alkyl halides is 6. The van der Waals surface area contributed by atoms with Crippen LogP contribution in [0.15, 0.2) is 18.2 Å². The van der Waals surface area contributed by atoms with Gasteiger partial charge in [-0.3, -0.25) is 4.79 Å². The van der Waals surface area contributed by atoms with Crippen LogP contribution >= 0.6 is 0 Å². The fraction of sp³-hybridized carbons (Fsp3) is 0.611. The molecule has 1 N–H and O–H groups in total. The Balaban J connectivity index is 2.00. The predicted octanol–water partition coefficient (Wildman–Crippen LogP) is 5.53. The molecule has 0 aliphatic heterocycles. The van der Waals surface area contributed by atoms with Gasteiger partial charge < -0.3 is 5.32 Å². The molecule has 26 heavy (non-hydrogen) atoms. The number of carbonyl (C=O) groups excluding carboxylic acids is 1. The number of Topliss-reactive ketones (excluding diaryl/α,β-unsaturated/α-hetero) is 1. The molecule has 0 saturated heterocycles. The Kier molecular flexibility index (Phi) is 3.95. The third kappa shape index (κ3) is 2.68. The van der Waals surface area contributed by atoms with Crippen LogP contribution < -0.4 is 5.32 Å². The lowest BCUT2D eigenvalue weighted by atomic mass is 9.70. The number of hydrogen-bond acceptors (Lipinski definition) is 2. The molecule has 0 heterocycles. The summed E-state index contributed by atoms with van der Waals surface area (Å²) in [6, 6.07) is 0.556. The topological polar surface area (TPSA) is 29.1 Å². The SMILES string of the molecule is CC1(C)[C@@H]2CC[C@@]1(C)C(=O)[C@H]2Nc1cc(C(F)(F)F)cc(C(F)(F)F)c1. The Hall–Kier alpha value is -1.73. The second-order valence-electron chi connectivity index (χ2n) is 7.98. The van der Waals surface area contributed by atoms with Crippen molar-refractivity contribution in [2.45, 2.75) is 52.0 Å². The van der Waals surface area contributed by atoms with Gasteiger partial charge >= 0.3 is 12.4 Å². The lowest BCUT2D eigenvalue weighted by Gasteiger charge is -2.32. The molecule has 2 saturated carbocycles. The zero-order chi connectivity index (χ0) is 19.7. The average Bonchev–Trinajstić information content (AvgIpc) is 2.79. The van der Waals surface area contributed by atoms with E-state index in [1.807, 2.05) is 20.8 Å². The van der Waals surface area contributed by atoms with Crippen LogP contribution in [0.3, 0.4) is 0 Å². The molecule has 3 rings (SSSR count). The maximum Gasteiger partial charge on any atom is 0.416 e. The van der Waals surface area contributed by atoms with E-state index in [2.05, 4.69) is 5.32 Å². The molecular weight excluding hydrogens is 360 g/mol. The molecule has 2 bridgehead atoms. The van der Waals surface area contributed by atoms with E-state index in [1.54, 1.807) is 0 Å². The summed E-state index contributed by atoms with van der Waals surface area (Å²) in [5.41, 5.74) is -4.11. The van der Waals surface area contributed by atoms with Crippen molar-refractivity contribution in [1.29, 1.82) is 0 Å². The fourth-order valence-corrected chi connectivity index (χ4v) is 4.47. The van der Waals surface area contributed by atoms with Crippen LogP contribution in [-0.4, -0.2) is 11.8 Å². The van der Waals surface area contributed by atoms with Gasteiger partial charge in [0.15, 0.2) is 5.78 Å². The van der Waals surface area contributed by atoms with Gasteiger partial charge in [-0.25, -0.2) is 0 Å². The predicted molar refractivity (Wildman–Crippen MR) is 83.5 cm³/mol. The molecule has 2 fully saturated rings. The van der Waals surface area contributed by atoms with Crippen LogP contribution in [0, 0.1) is 16.7 Å². The zero-order valence-electron chi connectivity index (χ0n) is 14.5. The Morgan fingerprint density at radius 1 is 0.962 bits per heavy atom. The highest BCUT2D eigenvalue weighted by Gasteiger charge is 2.66. The van der Waals surface area contributed by atoms with Crippen molar-refractivity contribution in [2.75, 3.05) is 5.32 Å². The van der Waals surface area contributed by atoms with Crippen molar-refractivity contribution in [2.24, 2.45) is 16.7 Å². The van der Waals surface area contributed by atoms with Crippen LogP contribution in [-0.2, 0) is 17.1 Å². The maximum absolute atomic E-state index is 13.0. The van der Waals surface area contributed by atoms with E-state index in [4.69, 9.17) is 0 Å². The summed E-state index contributed by atoms with van der Waals surface area (Å²) in [5, 5.41) is 2.68. The van der Waals surface area contributed by atoms with E-state index < -0.39 is 34.9 Å². The number of anilines is 1. The highest BCUT2D eigenvalue weighted by atomic mass is 19.4. The molecule has 1 aromatic rings. The van der Waals surface area contributed by atoms with E-state index in [0.717, 1.165) is 0 Å². The quantitative estimate of drug-likeness (QED) is 0.685. The zero-order valence-corrected chi connectivity index (χ0v) is 14.5. The number of rotatable bonds is 2. The van der Waals surface area contributed by atoms with Crippen LogP contribution in [0.25, 0.3) is 0 Å². The van der Waals surface area contributed by atoms with Crippen molar-refractivity contribution >= 4 is 11.5 Å². The minimum Gasteiger partial charge on any atom is -0.375 e. The minimum absolute atomic E-state index is 0.0824. The number of benzene rings is 1. The number of ketones is 1. The second-order valence-corrected chi connectivity index (χ2v) is 7.98. The highest BCUT2D eigenvalue weighted by Crippen LogP contribution is 2.64. The van der Waals surface area contributed by atoms with Crippen molar-refractivity contribution in [3.8, 4) is 0 Å². The third-order valence-electron chi connectivity index (χ3n) is 6.44. The van der Waals surface area contributed by atoms with Crippen LogP contribution in [0.5, 0.6) is 0 Å². The van der Waals surface area contributed by atoms with Gasteiger partial charge in [0, 0.05) is 11.1 Å². The summed E-state index contributed by atoms with van der Waals surface area (Å²) in [6.07, 6.45) is -8.45. The molecule has 0 radical (unpaired) electrons. The molecular formula is C18H19F6NO. The lowest BCUT2D eigenvalue weighted by molar-refractivity contribution is -0.143. The number of carbonyl (C=O) groups is 1. The number of halogens is 6. The monoisotopic (exact) mass is 379 g/mol. The maximum atomic E-state index is 13.0. The molecule has 0 unspecified atom stereocenters. The molecule has 8 heteroatoms. The number of fused-ring (bicyclic) bond motifs is 2.